The van der Waals surface area contributed by atoms with Gasteiger partial charge in [0.1, 0.15) is 6.10 Å². The number of aliphatic hydroxyl groups excluding tert-OH is 1. The Balaban J connectivity index is 2.02. The van der Waals surface area contributed by atoms with Crippen LogP contribution in [0.1, 0.15) is 29.5 Å². The lowest BCUT2D eigenvalue weighted by Gasteiger charge is -2.09. The molecular formula is C14H18O2. The zero-order chi connectivity index (χ0) is 11.7. The van der Waals surface area contributed by atoms with Gasteiger partial charge in [0, 0.05) is 6.42 Å². The predicted molar refractivity (Wildman–Crippen MR) is 63.4 cm³/mol. The summed E-state index contributed by atoms with van der Waals surface area (Å²) in [6, 6.07) is 6.04. The van der Waals surface area contributed by atoms with Crippen molar-refractivity contribution in [3.63, 3.8) is 0 Å². The minimum absolute atomic E-state index is 0.0363. The molecule has 0 spiro atoms. The third-order valence-electron chi connectivity index (χ3n) is 3.35. The highest BCUT2D eigenvalue weighted by Crippen LogP contribution is 2.33. The third-order valence-corrected chi connectivity index (χ3v) is 3.35. The SMILES string of the molecule is Cc1ccc(CC(=O)C(O)C2CC2)cc1C. The summed E-state index contributed by atoms with van der Waals surface area (Å²) in [6.45, 7) is 4.10. The summed E-state index contributed by atoms with van der Waals surface area (Å²) in [5.74, 6) is 0.199. The first-order valence-electron chi connectivity index (χ1n) is 5.85. The van der Waals surface area contributed by atoms with Crippen molar-refractivity contribution in [3.05, 3.63) is 34.9 Å². The Morgan fingerprint density at radius 3 is 2.62 bits per heavy atom. The molecule has 0 saturated heterocycles. The molecule has 1 aromatic rings. The molecule has 16 heavy (non-hydrogen) atoms. The first kappa shape index (κ1) is 11.3. The van der Waals surface area contributed by atoms with Gasteiger partial charge < -0.3 is 5.11 Å². The zero-order valence-corrected chi connectivity index (χ0v) is 9.86. The van der Waals surface area contributed by atoms with Crippen LogP contribution >= 0.6 is 0 Å². The van der Waals surface area contributed by atoms with E-state index in [9.17, 15) is 9.90 Å². The Bertz CT molecular complexity index is 405. The molecule has 2 nitrogen and oxygen atoms in total. The van der Waals surface area contributed by atoms with Crippen molar-refractivity contribution in [2.24, 2.45) is 5.92 Å². The first-order valence-corrected chi connectivity index (χ1v) is 5.85. The molecule has 0 aliphatic heterocycles. The molecule has 0 aromatic heterocycles. The maximum Gasteiger partial charge on any atom is 0.165 e. The Hall–Kier alpha value is -1.15. The van der Waals surface area contributed by atoms with Crippen molar-refractivity contribution in [3.8, 4) is 0 Å². The lowest BCUT2D eigenvalue weighted by Crippen LogP contribution is -2.24. The van der Waals surface area contributed by atoms with Crippen LogP contribution in [0.4, 0.5) is 0 Å². The van der Waals surface area contributed by atoms with E-state index in [-0.39, 0.29) is 11.7 Å². The van der Waals surface area contributed by atoms with Gasteiger partial charge in [-0.3, -0.25) is 4.79 Å². The molecule has 0 bridgehead atoms. The monoisotopic (exact) mass is 218 g/mol. The summed E-state index contributed by atoms with van der Waals surface area (Å²) < 4.78 is 0. The number of aliphatic hydroxyl groups is 1. The van der Waals surface area contributed by atoms with E-state index in [1.807, 2.05) is 25.1 Å². The fourth-order valence-corrected chi connectivity index (χ4v) is 1.89. The van der Waals surface area contributed by atoms with Crippen LogP contribution in [0.15, 0.2) is 18.2 Å². The van der Waals surface area contributed by atoms with Gasteiger partial charge in [-0.15, -0.1) is 0 Å². The number of ketones is 1. The molecule has 0 amide bonds. The minimum atomic E-state index is -0.735. The molecule has 1 aliphatic carbocycles. The second-order valence-corrected chi connectivity index (χ2v) is 4.84. The second kappa shape index (κ2) is 4.38. The van der Waals surface area contributed by atoms with Crippen LogP contribution in [0.5, 0.6) is 0 Å². The number of rotatable bonds is 4. The van der Waals surface area contributed by atoms with Crippen molar-refractivity contribution in [2.75, 3.05) is 0 Å². The van der Waals surface area contributed by atoms with Crippen LogP contribution < -0.4 is 0 Å². The van der Waals surface area contributed by atoms with E-state index < -0.39 is 6.10 Å². The lowest BCUT2D eigenvalue weighted by atomic mass is 9.99. The fourth-order valence-electron chi connectivity index (χ4n) is 1.89. The minimum Gasteiger partial charge on any atom is -0.385 e. The van der Waals surface area contributed by atoms with Gasteiger partial charge >= 0.3 is 0 Å². The molecule has 2 heteroatoms. The van der Waals surface area contributed by atoms with Crippen LogP contribution in [0.25, 0.3) is 0 Å². The molecule has 1 atom stereocenters. The Labute approximate surface area is 96.3 Å². The quantitative estimate of drug-likeness (QED) is 0.841. The Morgan fingerprint density at radius 2 is 2.06 bits per heavy atom. The molecule has 1 aromatic carbocycles. The fraction of sp³-hybridized carbons (Fsp3) is 0.500. The van der Waals surface area contributed by atoms with E-state index in [4.69, 9.17) is 0 Å². The molecule has 0 heterocycles. The molecule has 0 radical (unpaired) electrons. The molecular weight excluding hydrogens is 200 g/mol. The van der Waals surface area contributed by atoms with Gasteiger partial charge in [-0.25, -0.2) is 0 Å². The Kier molecular flexibility index (Phi) is 3.10. The van der Waals surface area contributed by atoms with Crippen LogP contribution in [-0.4, -0.2) is 17.0 Å². The standard InChI is InChI=1S/C14H18O2/c1-9-3-4-11(7-10(9)2)8-13(15)14(16)12-5-6-12/h3-4,7,12,14,16H,5-6,8H2,1-2H3. The van der Waals surface area contributed by atoms with E-state index in [0.29, 0.717) is 6.42 Å². The number of hydrogen-bond acceptors (Lipinski definition) is 2. The average molecular weight is 218 g/mol. The summed E-state index contributed by atoms with van der Waals surface area (Å²) >= 11 is 0. The lowest BCUT2D eigenvalue weighted by molar-refractivity contribution is -0.127. The first-order chi connectivity index (χ1) is 7.58. The van der Waals surface area contributed by atoms with E-state index in [0.717, 1.165) is 18.4 Å². The predicted octanol–water partition coefficient (Wildman–Crippen LogP) is 2.19. The highest BCUT2D eigenvalue weighted by Gasteiger charge is 2.34. The van der Waals surface area contributed by atoms with Gasteiger partial charge in [0.25, 0.3) is 0 Å². The Morgan fingerprint density at radius 1 is 1.38 bits per heavy atom. The van der Waals surface area contributed by atoms with Crippen LogP contribution in [0.3, 0.4) is 0 Å². The van der Waals surface area contributed by atoms with Crippen molar-refractivity contribution < 1.29 is 9.90 Å². The van der Waals surface area contributed by atoms with E-state index in [2.05, 4.69) is 6.92 Å². The van der Waals surface area contributed by atoms with Gasteiger partial charge in [0.05, 0.1) is 0 Å². The molecule has 1 fully saturated rings. The van der Waals surface area contributed by atoms with Crippen molar-refractivity contribution in [1.82, 2.24) is 0 Å². The number of carbonyl (C=O) groups is 1. The highest BCUT2D eigenvalue weighted by molar-refractivity contribution is 5.85. The number of carbonyl (C=O) groups excluding carboxylic acids is 1. The summed E-state index contributed by atoms with van der Waals surface area (Å²) in [7, 11) is 0. The van der Waals surface area contributed by atoms with Crippen LogP contribution in [0.2, 0.25) is 0 Å². The average Bonchev–Trinajstić information content (AvgIpc) is 3.06. The molecule has 1 aliphatic rings. The van der Waals surface area contributed by atoms with E-state index in [1.54, 1.807) is 0 Å². The van der Waals surface area contributed by atoms with Crippen molar-refractivity contribution in [1.29, 1.82) is 0 Å². The van der Waals surface area contributed by atoms with Gasteiger partial charge in [-0.1, -0.05) is 18.2 Å². The maximum absolute atomic E-state index is 11.7. The summed E-state index contributed by atoms with van der Waals surface area (Å²) in [5, 5.41) is 9.69. The number of benzene rings is 1. The molecule has 1 N–H and O–H groups in total. The van der Waals surface area contributed by atoms with E-state index >= 15 is 0 Å². The number of aryl methyl sites for hydroxylation is 2. The second-order valence-electron chi connectivity index (χ2n) is 4.84. The van der Waals surface area contributed by atoms with Crippen molar-refractivity contribution >= 4 is 5.78 Å². The molecule has 1 saturated carbocycles. The van der Waals surface area contributed by atoms with Crippen LogP contribution in [-0.2, 0) is 11.2 Å². The molecule has 1 unspecified atom stereocenters. The molecule has 2 rings (SSSR count). The third kappa shape index (κ3) is 2.50. The van der Waals surface area contributed by atoms with Gasteiger partial charge in [0.2, 0.25) is 0 Å². The maximum atomic E-state index is 11.7. The summed E-state index contributed by atoms with van der Waals surface area (Å²) in [5.41, 5.74) is 3.44. The highest BCUT2D eigenvalue weighted by atomic mass is 16.3. The van der Waals surface area contributed by atoms with Gasteiger partial charge in [-0.05, 0) is 49.3 Å². The van der Waals surface area contributed by atoms with Crippen LogP contribution in [0, 0.1) is 19.8 Å². The smallest absolute Gasteiger partial charge is 0.165 e. The number of hydrogen-bond donors (Lipinski definition) is 1. The summed E-state index contributed by atoms with van der Waals surface area (Å²) in [4.78, 5) is 11.7. The number of Topliss-reactive ketones (excluding diaryl/α,β-unsaturated/α-hetero) is 1. The summed E-state index contributed by atoms with van der Waals surface area (Å²) in [6.07, 6.45) is 1.62. The van der Waals surface area contributed by atoms with E-state index in [1.165, 1.54) is 11.1 Å². The normalized spacial score (nSPS) is 17.2. The topological polar surface area (TPSA) is 37.3 Å². The van der Waals surface area contributed by atoms with Crippen molar-refractivity contribution in [2.45, 2.75) is 39.2 Å². The molecule has 86 valence electrons. The van der Waals surface area contributed by atoms with Gasteiger partial charge in [-0.2, -0.15) is 0 Å². The largest absolute Gasteiger partial charge is 0.385 e. The zero-order valence-electron chi connectivity index (χ0n) is 9.86. The van der Waals surface area contributed by atoms with Gasteiger partial charge in [0.15, 0.2) is 5.78 Å².